The first-order valence-electron chi connectivity index (χ1n) is 3.42. The maximum absolute atomic E-state index is 5.40. The predicted octanol–water partition coefficient (Wildman–Crippen LogP) is 0.402. The molecule has 0 aliphatic heterocycles. The zero-order valence-electron chi connectivity index (χ0n) is 6.42. The topological polar surface area (TPSA) is 82.5 Å². The number of nitrogen functional groups attached to an aromatic ring is 1. The summed E-state index contributed by atoms with van der Waals surface area (Å²) in [6.45, 7) is 0. The molecule has 0 fully saturated rings. The molecule has 6 nitrogen and oxygen atoms in total. The lowest BCUT2D eigenvalue weighted by molar-refractivity contribution is 0.821. The average molecular weight is 241 g/mol. The second-order valence-electron chi connectivity index (χ2n) is 2.22. The molecule has 0 aromatic carbocycles. The summed E-state index contributed by atoms with van der Waals surface area (Å²) >= 11 is 3.20. The predicted molar refractivity (Wildman–Crippen MR) is 49.1 cm³/mol. The minimum Gasteiger partial charge on any atom is -0.366 e. The molecule has 7 heteroatoms. The number of aromatic nitrogens is 5. The van der Waals surface area contributed by atoms with E-state index in [1.807, 2.05) is 0 Å². The van der Waals surface area contributed by atoms with Crippen LogP contribution in [0.2, 0.25) is 0 Å². The molecule has 66 valence electrons. The van der Waals surface area contributed by atoms with Crippen LogP contribution < -0.4 is 5.73 Å². The second kappa shape index (κ2) is 3.09. The Bertz CT molecular complexity index is 410. The van der Waals surface area contributed by atoms with Crippen LogP contribution in [0.5, 0.6) is 0 Å². The molecule has 0 saturated carbocycles. The molecule has 0 radical (unpaired) electrons. The lowest BCUT2D eigenvalue weighted by atomic mass is 10.6. The number of rotatable bonds is 1. The first-order chi connectivity index (χ1) is 6.27. The quantitative estimate of drug-likeness (QED) is 0.781. The summed E-state index contributed by atoms with van der Waals surface area (Å²) in [4.78, 5) is 11.6. The molecule has 0 saturated heterocycles. The first kappa shape index (κ1) is 8.11. The van der Waals surface area contributed by atoms with Crippen molar-refractivity contribution in [2.75, 3.05) is 5.73 Å². The molecule has 0 aliphatic carbocycles. The zero-order chi connectivity index (χ0) is 9.26. The first-order valence-corrected chi connectivity index (χ1v) is 4.21. The van der Waals surface area contributed by atoms with Gasteiger partial charge in [-0.15, -0.1) is 5.10 Å². The highest BCUT2D eigenvalue weighted by Gasteiger charge is 2.06. The van der Waals surface area contributed by atoms with Crippen LogP contribution in [-0.4, -0.2) is 24.7 Å². The lowest BCUT2D eigenvalue weighted by Crippen LogP contribution is -2.00. The summed E-state index contributed by atoms with van der Waals surface area (Å²) in [6.07, 6.45) is 3.05. The van der Waals surface area contributed by atoms with Gasteiger partial charge in [0.1, 0.15) is 6.33 Å². The van der Waals surface area contributed by atoms with E-state index in [4.69, 9.17) is 5.73 Å². The van der Waals surface area contributed by atoms with Gasteiger partial charge in [0, 0.05) is 12.3 Å². The third-order valence-corrected chi connectivity index (χ3v) is 1.88. The van der Waals surface area contributed by atoms with Gasteiger partial charge in [-0.1, -0.05) is 0 Å². The van der Waals surface area contributed by atoms with Gasteiger partial charge in [0.05, 0.1) is 0 Å². The highest BCUT2D eigenvalue weighted by Crippen LogP contribution is 2.12. The van der Waals surface area contributed by atoms with Crippen LogP contribution in [0, 0.1) is 0 Å². The van der Waals surface area contributed by atoms with Gasteiger partial charge < -0.3 is 5.73 Å². The SMILES string of the molecule is Nc1nc(Br)n(-c2ccncn2)n1. The standard InChI is InChI=1S/C6H5BrN6/c7-5-11-6(8)12-13(5)4-1-2-9-3-10-4/h1-3H,(H2,8,12). The van der Waals surface area contributed by atoms with E-state index in [0.717, 1.165) is 0 Å². The molecule has 0 unspecified atom stereocenters. The molecule has 2 heterocycles. The Labute approximate surface area is 82.0 Å². The summed E-state index contributed by atoms with van der Waals surface area (Å²) in [5, 5.41) is 3.93. The molecule has 0 bridgehead atoms. The van der Waals surface area contributed by atoms with Crippen molar-refractivity contribution in [3.63, 3.8) is 0 Å². The van der Waals surface area contributed by atoms with E-state index in [-0.39, 0.29) is 5.95 Å². The highest BCUT2D eigenvalue weighted by atomic mass is 79.9. The molecule has 0 spiro atoms. The number of anilines is 1. The molecule has 0 amide bonds. The Hall–Kier alpha value is -1.50. The van der Waals surface area contributed by atoms with Gasteiger partial charge in [0.25, 0.3) is 0 Å². The van der Waals surface area contributed by atoms with Gasteiger partial charge in [-0.05, 0) is 15.9 Å². The molecule has 0 atom stereocenters. The van der Waals surface area contributed by atoms with Gasteiger partial charge in [0.15, 0.2) is 5.82 Å². The lowest BCUT2D eigenvalue weighted by Gasteiger charge is -1.97. The fourth-order valence-corrected chi connectivity index (χ4v) is 1.31. The van der Waals surface area contributed by atoms with Crippen LogP contribution >= 0.6 is 15.9 Å². The second-order valence-corrected chi connectivity index (χ2v) is 2.93. The molecular formula is C6H5BrN6. The van der Waals surface area contributed by atoms with E-state index in [1.165, 1.54) is 11.0 Å². The number of halogens is 1. The van der Waals surface area contributed by atoms with E-state index in [9.17, 15) is 0 Å². The smallest absolute Gasteiger partial charge is 0.240 e. The normalized spacial score (nSPS) is 10.2. The molecule has 13 heavy (non-hydrogen) atoms. The van der Waals surface area contributed by atoms with E-state index in [2.05, 4.69) is 36.0 Å². The van der Waals surface area contributed by atoms with Crippen molar-refractivity contribution in [1.29, 1.82) is 0 Å². The van der Waals surface area contributed by atoms with Gasteiger partial charge in [0.2, 0.25) is 10.7 Å². The van der Waals surface area contributed by atoms with Crippen molar-refractivity contribution >= 4 is 21.9 Å². The summed E-state index contributed by atoms with van der Waals surface area (Å²) in [5.41, 5.74) is 5.40. The van der Waals surface area contributed by atoms with Crippen molar-refractivity contribution in [2.24, 2.45) is 0 Å². The van der Waals surface area contributed by atoms with Gasteiger partial charge in [-0.3, -0.25) is 0 Å². The third kappa shape index (κ3) is 1.50. The average Bonchev–Trinajstić information content (AvgIpc) is 2.47. The summed E-state index contributed by atoms with van der Waals surface area (Å²) < 4.78 is 2.00. The zero-order valence-corrected chi connectivity index (χ0v) is 8.01. The van der Waals surface area contributed by atoms with E-state index >= 15 is 0 Å². The monoisotopic (exact) mass is 240 g/mol. The van der Waals surface area contributed by atoms with Crippen molar-refractivity contribution < 1.29 is 0 Å². The minimum absolute atomic E-state index is 0.200. The Morgan fingerprint density at radius 3 is 2.85 bits per heavy atom. The number of nitrogens with two attached hydrogens (primary N) is 1. The van der Waals surface area contributed by atoms with Gasteiger partial charge >= 0.3 is 0 Å². The van der Waals surface area contributed by atoms with E-state index in [1.54, 1.807) is 12.3 Å². The molecule has 0 aliphatic rings. The van der Waals surface area contributed by atoms with Crippen molar-refractivity contribution in [3.8, 4) is 5.82 Å². The minimum atomic E-state index is 0.200. The Morgan fingerprint density at radius 1 is 1.46 bits per heavy atom. The molecular weight excluding hydrogens is 236 g/mol. The van der Waals surface area contributed by atoms with E-state index < -0.39 is 0 Å². The van der Waals surface area contributed by atoms with Gasteiger partial charge in [-0.25, -0.2) is 9.97 Å². The Morgan fingerprint density at radius 2 is 2.31 bits per heavy atom. The largest absolute Gasteiger partial charge is 0.366 e. The maximum Gasteiger partial charge on any atom is 0.240 e. The molecule has 2 aromatic rings. The van der Waals surface area contributed by atoms with Crippen LogP contribution in [0.4, 0.5) is 5.95 Å². The van der Waals surface area contributed by atoms with Crippen LogP contribution in [0.15, 0.2) is 23.3 Å². The summed E-state index contributed by atoms with van der Waals surface area (Å²) in [6, 6.07) is 1.71. The fourth-order valence-electron chi connectivity index (χ4n) is 0.863. The van der Waals surface area contributed by atoms with Crippen LogP contribution in [0.1, 0.15) is 0 Å². The Balaban J connectivity index is 2.53. The van der Waals surface area contributed by atoms with Gasteiger partial charge in [-0.2, -0.15) is 9.67 Å². The number of hydrogen-bond acceptors (Lipinski definition) is 5. The van der Waals surface area contributed by atoms with E-state index in [0.29, 0.717) is 10.6 Å². The summed E-state index contributed by atoms with van der Waals surface area (Å²) in [5.74, 6) is 0.816. The van der Waals surface area contributed by atoms with Crippen LogP contribution in [0.3, 0.4) is 0 Å². The van der Waals surface area contributed by atoms with Crippen molar-refractivity contribution in [2.45, 2.75) is 0 Å². The van der Waals surface area contributed by atoms with Crippen molar-refractivity contribution in [1.82, 2.24) is 24.7 Å². The number of nitrogens with zero attached hydrogens (tertiary/aromatic N) is 5. The highest BCUT2D eigenvalue weighted by molar-refractivity contribution is 9.10. The fraction of sp³-hybridized carbons (Fsp3) is 0. The maximum atomic E-state index is 5.40. The molecule has 2 N–H and O–H groups in total. The van der Waals surface area contributed by atoms with Crippen molar-refractivity contribution in [3.05, 3.63) is 23.3 Å². The van der Waals surface area contributed by atoms with Crippen LogP contribution in [-0.2, 0) is 0 Å². The number of hydrogen-bond donors (Lipinski definition) is 1. The van der Waals surface area contributed by atoms with Crippen LogP contribution in [0.25, 0.3) is 5.82 Å². The molecule has 2 aromatic heterocycles. The Kier molecular flexibility index (Phi) is 1.93. The summed E-state index contributed by atoms with van der Waals surface area (Å²) in [7, 11) is 0. The third-order valence-electron chi connectivity index (χ3n) is 1.37. The molecule has 2 rings (SSSR count).